The number of unbranched alkanes of at least 4 members (excludes halogenated alkanes) is 4. The first kappa shape index (κ1) is 31.9. The van der Waals surface area contributed by atoms with Gasteiger partial charge in [0.25, 0.3) is 0 Å². The zero-order valence-corrected chi connectivity index (χ0v) is 27.5. The third-order valence-electron chi connectivity index (χ3n) is 8.88. The molecule has 2 saturated heterocycles. The summed E-state index contributed by atoms with van der Waals surface area (Å²) >= 11 is 0. The van der Waals surface area contributed by atoms with Crippen molar-refractivity contribution in [2.75, 3.05) is 64.1 Å². The van der Waals surface area contributed by atoms with Gasteiger partial charge in [0.05, 0.1) is 22.7 Å². The van der Waals surface area contributed by atoms with Gasteiger partial charge in [-0.15, -0.1) is 0 Å². The number of sulfone groups is 1. The maximum absolute atomic E-state index is 14.2. The highest BCUT2D eigenvalue weighted by atomic mass is 32.2. The molecule has 8 nitrogen and oxygen atoms in total. The summed E-state index contributed by atoms with van der Waals surface area (Å²) in [6.45, 7) is 8.64. The highest BCUT2D eigenvalue weighted by Crippen LogP contribution is 2.38. The second-order valence-electron chi connectivity index (χ2n) is 11.9. The Balaban J connectivity index is 1.41. The number of pyridine rings is 1. The van der Waals surface area contributed by atoms with Crippen LogP contribution >= 0.6 is 0 Å². The lowest BCUT2D eigenvalue weighted by Gasteiger charge is -2.43. The summed E-state index contributed by atoms with van der Waals surface area (Å²) in [6.07, 6.45) is 10.9. The van der Waals surface area contributed by atoms with E-state index in [1.54, 1.807) is 30.5 Å². The Labute approximate surface area is 259 Å². The standard InChI is InChI=1S/C33H46N4O4S2/c1-4-5-6-7-8-23-41-27-9-12-29(13-10-27)43(39,40)32-25-34-31-14-11-28(42(3)38)24-30(31)33(32)37-17-15-26(16-18-37)36-21-19-35(2)20-22-36/h9-14,24-26H,4-8,15-23H2,1-3H3. The molecule has 1 unspecified atom stereocenters. The zero-order valence-electron chi connectivity index (χ0n) is 25.8. The molecule has 1 atom stereocenters. The molecule has 2 aromatic carbocycles. The lowest BCUT2D eigenvalue weighted by Crippen LogP contribution is -2.52. The van der Waals surface area contributed by atoms with Crippen LogP contribution in [0.15, 0.2) is 63.3 Å². The molecule has 0 amide bonds. The van der Waals surface area contributed by atoms with Crippen molar-refractivity contribution in [2.24, 2.45) is 0 Å². The van der Waals surface area contributed by atoms with E-state index in [0.29, 0.717) is 34.5 Å². The topological polar surface area (TPSA) is 83.0 Å². The second kappa shape index (κ2) is 14.5. The molecule has 0 N–H and O–H groups in total. The molecule has 43 heavy (non-hydrogen) atoms. The molecule has 2 aliphatic rings. The van der Waals surface area contributed by atoms with Crippen molar-refractivity contribution in [3.63, 3.8) is 0 Å². The Morgan fingerprint density at radius 1 is 0.930 bits per heavy atom. The fourth-order valence-electron chi connectivity index (χ4n) is 6.22. The number of hydrogen-bond acceptors (Lipinski definition) is 8. The number of piperazine rings is 1. The molecule has 2 fully saturated rings. The summed E-state index contributed by atoms with van der Waals surface area (Å²) in [4.78, 5) is 12.8. The Morgan fingerprint density at radius 3 is 2.30 bits per heavy atom. The number of ether oxygens (including phenoxy) is 1. The van der Waals surface area contributed by atoms with Crippen LogP contribution in [0.5, 0.6) is 5.75 Å². The molecule has 234 valence electrons. The molecule has 5 rings (SSSR count). The van der Waals surface area contributed by atoms with Gasteiger partial charge in [0.15, 0.2) is 0 Å². The van der Waals surface area contributed by atoms with E-state index in [1.165, 1.54) is 25.5 Å². The van der Waals surface area contributed by atoms with Gasteiger partial charge in [-0.2, -0.15) is 0 Å². The van der Waals surface area contributed by atoms with Crippen molar-refractivity contribution >= 4 is 37.2 Å². The van der Waals surface area contributed by atoms with E-state index in [9.17, 15) is 12.6 Å². The van der Waals surface area contributed by atoms with E-state index in [0.717, 1.165) is 70.3 Å². The predicted octanol–water partition coefficient (Wildman–Crippen LogP) is 5.37. The van der Waals surface area contributed by atoms with E-state index in [-0.39, 0.29) is 9.79 Å². The summed E-state index contributed by atoms with van der Waals surface area (Å²) in [6, 6.07) is 12.8. The lowest BCUT2D eigenvalue weighted by molar-refractivity contribution is 0.0982. The van der Waals surface area contributed by atoms with E-state index >= 15 is 0 Å². The van der Waals surface area contributed by atoms with Gasteiger partial charge in [-0.05, 0) is 68.8 Å². The number of anilines is 1. The van der Waals surface area contributed by atoms with Crippen LogP contribution in [0.2, 0.25) is 0 Å². The first-order chi connectivity index (χ1) is 20.8. The van der Waals surface area contributed by atoms with Gasteiger partial charge in [-0.3, -0.25) is 14.1 Å². The van der Waals surface area contributed by atoms with Crippen molar-refractivity contribution in [1.29, 1.82) is 0 Å². The van der Waals surface area contributed by atoms with Crippen LogP contribution in [0, 0.1) is 0 Å². The summed E-state index contributed by atoms with van der Waals surface area (Å²) in [5.41, 5.74) is 1.37. The van der Waals surface area contributed by atoms with Crippen molar-refractivity contribution in [1.82, 2.24) is 14.8 Å². The molecular formula is C33H46N4O4S2. The summed E-state index contributed by atoms with van der Waals surface area (Å²) < 4.78 is 46.7. The van der Waals surface area contributed by atoms with Gasteiger partial charge in [0, 0.05) is 78.8 Å². The minimum absolute atomic E-state index is 0.196. The lowest BCUT2D eigenvalue weighted by atomic mass is 10.0. The van der Waals surface area contributed by atoms with Crippen LogP contribution in [0.3, 0.4) is 0 Å². The highest BCUT2D eigenvalue weighted by Gasteiger charge is 2.32. The molecule has 3 heterocycles. The SMILES string of the molecule is CCCCCCCOc1ccc(S(=O)(=O)c2cnc3ccc(S(C)=O)cc3c2N2CCC(N3CCN(C)CC3)CC2)cc1. The van der Waals surface area contributed by atoms with E-state index in [4.69, 9.17) is 4.74 Å². The Morgan fingerprint density at radius 2 is 1.63 bits per heavy atom. The number of benzene rings is 2. The zero-order chi connectivity index (χ0) is 30.4. The summed E-state index contributed by atoms with van der Waals surface area (Å²) in [5.74, 6) is 0.673. The van der Waals surface area contributed by atoms with Gasteiger partial charge >= 0.3 is 0 Å². The smallest absolute Gasteiger partial charge is 0.210 e. The van der Waals surface area contributed by atoms with E-state index < -0.39 is 20.6 Å². The minimum atomic E-state index is -3.89. The summed E-state index contributed by atoms with van der Waals surface area (Å²) in [7, 11) is -2.92. The number of fused-ring (bicyclic) bond motifs is 1. The molecule has 2 aliphatic heterocycles. The number of hydrogen-bond donors (Lipinski definition) is 0. The van der Waals surface area contributed by atoms with Crippen molar-refractivity contribution < 1.29 is 17.4 Å². The van der Waals surface area contributed by atoms with Gasteiger partial charge in [0.2, 0.25) is 9.84 Å². The number of piperidine rings is 1. The number of likely N-dealkylation sites (N-methyl/N-ethyl adjacent to an activating group) is 1. The van der Waals surface area contributed by atoms with Crippen LogP contribution in [0.25, 0.3) is 10.9 Å². The second-order valence-corrected chi connectivity index (χ2v) is 15.2. The normalized spacial score (nSPS) is 18.3. The average molecular weight is 627 g/mol. The first-order valence-electron chi connectivity index (χ1n) is 15.7. The van der Waals surface area contributed by atoms with Crippen LogP contribution < -0.4 is 9.64 Å². The molecule has 10 heteroatoms. The fraction of sp³-hybridized carbons (Fsp3) is 0.545. The maximum atomic E-state index is 14.2. The predicted molar refractivity (Wildman–Crippen MR) is 175 cm³/mol. The first-order valence-corrected chi connectivity index (χ1v) is 18.7. The third kappa shape index (κ3) is 7.59. The largest absolute Gasteiger partial charge is 0.494 e. The van der Waals surface area contributed by atoms with Crippen molar-refractivity contribution in [3.8, 4) is 5.75 Å². The fourth-order valence-corrected chi connectivity index (χ4v) is 8.20. The molecule has 0 spiro atoms. The molecule has 0 saturated carbocycles. The monoisotopic (exact) mass is 626 g/mol. The minimum Gasteiger partial charge on any atom is -0.494 e. The van der Waals surface area contributed by atoms with Gasteiger partial charge in [-0.25, -0.2) is 8.42 Å². The number of nitrogens with zero attached hydrogens (tertiary/aromatic N) is 4. The highest BCUT2D eigenvalue weighted by molar-refractivity contribution is 7.91. The molecule has 0 radical (unpaired) electrons. The van der Waals surface area contributed by atoms with Gasteiger partial charge < -0.3 is 14.5 Å². The third-order valence-corrected chi connectivity index (χ3v) is 11.6. The van der Waals surface area contributed by atoms with Crippen molar-refractivity contribution in [2.45, 2.75) is 72.6 Å². The van der Waals surface area contributed by atoms with Crippen LogP contribution in [-0.2, 0) is 20.6 Å². The molecule has 0 bridgehead atoms. The van der Waals surface area contributed by atoms with Crippen LogP contribution in [0.4, 0.5) is 5.69 Å². The molecular weight excluding hydrogens is 581 g/mol. The quantitative estimate of drug-likeness (QED) is 0.248. The molecule has 1 aromatic heterocycles. The maximum Gasteiger partial charge on any atom is 0.210 e. The van der Waals surface area contributed by atoms with Gasteiger partial charge in [-0.1, -0.05) is 32.6 Å². The van der Waals surface area contributed by atoms with Gasteiger partial charge in [0.1, 0.15) is 10.6 Å². The van der Waals surface area contributed by atoms with Crippen molar-refractivity contribution in [3.05, 3.63) is 48.7 Å². The number of rotatable bonds is 12. The molecule has 0 aliphatic carbocycles. The Bertz CT molecular complexity index is 1500. The van der Waals surface area contributed by atoms with Crippen LogP contribution in [-0.4, -0.2) is 92.6 Å². The number of aromatic nitrogens is 1. The van der Waals surface area contributed by atoms with E-state index in [1.807, 2.05) is 18.2 Å². The summed E-state index contributed by atoms with van der Waals surface area (Å²) in [5, 5.41) is 0.731. The van der Waals surface area contributed by atoms with E-state index in [2.05, 4.69) is 33.7 Å². The molecule has 3 aromatic rings. The van der Waals surface area contributed by atoms with Crippen LogP contribution in [0.1, 0.15) is 51.9 Å². The Hall–Kier alpha value is -2.53. The Kier molecular flexibility index (Phi) is 10.8. The average Bonchev–Trinajstić information content (AvgIpc) is 3.02.